The second kappa shape index (κ2) is 10.6. The van der Waals surface area contributed by atoms with Gasteiger partial charge in [0, 0.05) is 22.6 Å². The van der Waals surface area contributed by atoms with E-state index in [-0.39, 0.29) is 23.5 Å². The molecule has 7 heteroatoms. The number of benzene rings is 2. The van der Waals surface area contributed by atoms with Crippen LogP contribution in [0.5, 0.6) is 5.75 Å². The minimum absolute atomic E-state index is 0.0317. The largest absolute Gasteiger partial charge is 0.496 e. The molecule has 1 heterocycles. The average molecular weight is 431 g/mol. The van der Waals surface area contributed by atoms with Gasteiger partial charge in [0.25, 0.3) is 0 Å². The van der Waals surface area contributed by atoms with Crippen molar-refractivity contribution in [2.75, 3.05) is 32.5 Å². The molecule has 3 rings (SSSR count). The number of rotatable bonds is 9. The van der Waals surface area contributed by atoms with Gasteiger partial charge >= 0.3 is 0 Å². The van der Waals surface area contributed by atoms with Crippen LogP contribution in [0.2, 0.25) is 0 Å². The Morgan fingerprint density at radius 1 is 1.20 bits per heavy atom. The molecular formula is C23H27FN2O3S. The Balaban J connectivity index is 1.61. The second-order valence-electron chi connectivity index (χ2n) is 7.29. The number of ether oxygens (including phenoxy) is 1. The Kier molecular flexibility index (Phi) is 7.87. The van der Waals surface area contributed by atoms with Crippen molar-refractivity contribution in [3.63, 3.8) is 0 Å². The summed E-state index contributed by atoms with van der Waals surface area (Å²) in [6, 6.07) is 12.3. The van der Waals surface area contributed by atoms with Crippen LogP contribution < -0.4 is 10.1 Å². The number of para-hydroxylation sites is 1. The summed E-state index contributed by atoms with van der Waals surface area (Å²) in [5, 5.41) is 3.00. The van der Waals surface area contributed by atoms with E-state index in [1.165, 1.54) is 13.0 Å². The molecule has 0 spiro atoms. The van der Waals surface area contributed by atoms with Crippen LogP contribution in [0.15, 0.2) is 47.4 Å². The number of methoxy groups -OCH3 is 1. The summed E-state index contributed by atoms with van der Waals surface area (Å²) in [7, 11) is 1.65. The maximum absolute atomic E-state index is 14.2. The number of likely N-dealkylation sites (tertiary alicyclic amines) is 1. The molecule has 0 aliphatic carbocycles. The molecule has 0 radical (unpaired) electrons. The van der Waals surface area contributed by atoms with E-state index in [1.54, 1.807) is 19.2 Å². The number of hydrogen-bond donors (Lipinski definition) is 1. The third-order valence-electron chi connectivity index (χ3n) is 5.27. The van der Waals surface area contributed by atoms with Gasteiger partial charge in [-0.15, -0.1) is 11.8 Å². The zero-order valence-corrected chi connectivity index (χ0v) is 18.1. The number of carbonyl (C=O) groups excluding carboxylic acids is 2. The molecule has 1 N–H and O–H groups in total. The number of halogens is 1. The van der Waals surface area contributed by atoms with Crippen LogP contribution >= 0.6 is 11.8 Å². The van der Waals surface area contributed by atoms with Crippen molar-refractivity contribution in [2.45, 2.75) is 30.7 Å². The number of nitrogens with zero attached hydrogens (tertiary/aromatic N) is 1. The van der Waals surface area contributed by atoms with Crippen LogP contribution in [0.4, 0.5) is 4.39 Å². The van der Waals surface area contributed by atoms with Gasteiger partial charge in [-0.3, -0.25) is 14.5 Å². The van der Waals surface area contributed by atoms with Crippen molar-refractivity contribution >= 4 is 23.5 Å². The molecule has 160 valence electrons. The summed E-state index contributed by atoms with van der Waals surface area (Å²) in [6.07, 6.45) is 2.29. The highest BCUT2D eigenvalue weighted by atomic mass is 32.2. The van der Waals surface area contributed by atoms with Gasteiger partial charge in [0.05, 0.1) is 18.9 Å². The fourth-order valence-corrected chi connectivity index (χ4v) is 4.42. The Morgan fingerprint density at radius 2 is 1.93 bits per heavy atom. The smallest absolute Gasteiger partial charge is 0.230 e. The second-order valence-corrected chi connectivity index (χ2v) is 8.31. The molecule has 0 bridgehead atoms. The Morgan fingerprint density at radius 3 is 2.60 bits per heavy atom. The van der Waals surface area contributed by atoms with Gasteiger partial charge in [0.1, 0.15) is 11.6 Å². The monoisotopic (exact) mass is 430 g/mol. The minimum atomic E-state index is -0.482. The van der Waals surface area contributed by atoms with Gasteiger partial charge in [-0.25, -0.2) is 4.39 Å². The van der Waals surface area contributed by atoms with E-state index in [2.05, 4.69) is 10.2 Å². The van der Waals surface area contributed by atoms with Crippen molar-refractivity contribution in [1.29, 1.82) is 0 Å². The number of ketones is 1. The lowest BCUT2D eigenvalue weighted by atomic mass is 10.0. The van der Waals surface area contributed by atoms with Crippen molar-refractivity contribution in [3.8, 4) is 5.75 Å². The molecule has 1 fully saturated rings. The number of amides is 1. The van der Waals surface area contributed by atoms with Crippen LogP contribution in [-0.4, -0.2) is 49.1 Å². The predicted octanol–water partition coefficient (Wildman–Crippen LogP) is 4.08. The number of nitrogens with one attached hydrogen (secondary N) is 1. The van der Waals surface area contributed by atoms with Crippen LogP contribution in [0.1, 0.15) is 41.7 Å². The molecule has 2 aromatic rings. The molecule has 1 aliphatic rings. The van der Waals surface area contributed by atoms with Crippen molar-refractivity contribution < 1.29 is 18.7 Å². The fraction of sp³-hybridized carbons (Fsp3) is 0.391. The van der Waals surface area contributed by atoms with E-state index in [0.29, 0.717) is 17.0 Å². The Labute approximate surface area is 181 Å². The quantitative estimate of drug-likeness (QED) is 0.480. The zero-order chi connectivity index (χ0) is 21.5. The molecular weight excluding hydrogens is 403 g/mol. The maximum atomic E-state index is 14.2. The summed E-state index contributed by atoms with van der Waals surface area (Å²) in [5.74, 6) is 0.0892. The fourth-order valence-electron chi connectivity index (χ4n) is 3.67. The number of thioether (sulfide) groups is 1. The number of Topliss-reactive ketones (excluding diaryl/α,β-unsaturated/α-hetero) is 1. The lowest BCUT2D eigenvalue weighted by molar-refractivity contribution is -0.118. The van der Waals surface area contributed by atoms with E-state index < -0.39 is 5.82 Å². The molecule has 1 amide bonds. The molecule has 1 saturated heterocycles. The summed E-state index contributed by atoms with van der Waals surface area (Å²) < 4.78 is 19.7. The summed E-state index contributed by atoms with van der Waals surface area (Å²) in [4.78, 5) is 26.5. The molecule has 0 aromatic heterocycles. The summed E-state index contributed by atoms with van der Waals surface area (Å²) in [5.41, 5.74) is 1.38. The van der Waals surface area contributed by atoms with Gasteiger partial charge in [0.15, 0.2) is 5.78 Å². The van der Waals surface area contributed by atoms with Gasteiger partial charge in [0.2, 0.25) is 5.91 Å². The first-order valence-corrected chi connectivity index (χ1v) is 11.0. The van der Waals surface area contributed by atoms with Crippen LogP contribution in [0.3, 0.4) is 0 Å². The number of hydrogen-bond acceptors (Lipinski definition) is 5. The molecule has 1 aliphatic heterocycles. The van der Waals surface area contributed by atoms with Crippen molar-refractivity contribution in [1.82, 2.24) is 10.2 Å². The minimum Gasteiger partial charge on any atom is -0.496 e. The highest BCUT2D eigenvalue weighted by molar-refractivity contribution is 8.00. The van der Waals surface area contributed by atoms with Crippen molar-refractivity contribution in [2.24, 2.45) is 0 Å². The lowest BCUT2D eigenvalue weighted by Crippen LogP contribution is -2.37. The number of carbonyl (C=O) groups is 2. The van der Waals surface area contributed by atoms with Crippen molar-refractivity contribution in [3.05, 3.63) is 59.4 Å². The lowest BCUT2D eigenvalue weighted by Gasteiger charge is -2.29. The van der Waals surface area contributed by atoms with Gasteiger partial charge in [-0.05, 0) is 51.1 Å². The highest BCUT2D eigenvalue weighted by Gasteiger charge is 2.26. The van der Waals surface area contributed by atoms with E-state index in [4.69, 9.17) is 4.74 Å². The summed E-state index contributed by atoms with van der Waals surface area (Å²) >= 11 is 1.13. The van der Waals surface area contributed by atoms with E-state index in [0.717, 1.165) is 49.0 Å². The van der Waals surface area contributed by atoms with Crippen LogP contribution in [0.25, 0.3) is 0 Å². The van der Waals surface area contributed by atoms with E-state index in [9.17, 15) is 14.0 Å². The first-order chi connectivity index (χ1) is 14.5. The van der Waals surface area contributed by atoms with E-state index in [1.807, 2.05) is 24.3 Å². The van der Waals surface area contributed by atoms with E-state index >= 15 is 0 Å². The van der Waals surface area contributed by atoms with Gasteiger partial charge < -0.3 is 10.1 Å². The highest BCUT2D eigenvalue weighted by Crippen LogP contribution is 2.31. The first-order valence-electron chi connectivity index (χ1n) is 10.1. The third-order valence-corrected chi connectivity index (χ3v) is 6.32. The topological polar surface area (TPSA) is 58.6 Å². The normalized spacial score (nSPS) is 15.0. The Hall–Kier alpha value is -2.38. The van der Waals surface area contributed by atoms with Crippen LogP contribution in [0, 0.1) is 5.82 Å². The molecule has 1 atom stereocenters. The molecule has 1 unspecified atom stereocenters. The Bertz CT molecular complexity index is 900. The average Bonchev–Trinajstić information content (AvgIpc) is 3.27. The molecule has 2 aromatic carbocycles. The maximum Gasteiger partial charge on any atom is 0.230 e. The summed E-state index contributed by atoms with van der Waals surface area (Å²) in [6.45, 7) is 3.83. The SMILES string of the molecule is COc1ccccc1C(CNC(=O)CSc1ccc(C(C)=O)cc1F)N1CCCC1. The standard InChI is InChI=1S/C23H27FN2O3S/c1-16(27)17-9-10-22(19(24)13-17)30-15-23(28)25-14-20(26-11-5-6-12-26)18-7-3-4-8-21(18)29-2/h3-4,7-10,13,20H,5-6,11-12,14-15H2,1-2H3,(H,25,28). The molecule has 30 heavy (non-hydrogen) atoms. The van der Waals surface area contributed by atoms with Gasteiger partial charge in [-0.2, -0.15) is 0 Å². The van der Waals surface area contributed by atoms with Gasteiger partial charge in [-0.1, -0.05) is 24.3 Å². The molecule has 5 nitrogen and oxygen atoms in total. The van der Waals surface area contributed by atoms with Crippen LogP contribution in [-0.2, 0) is 4.79 Å². The third kappa shape index (κ3) is 5.61. The zero-order valence-electron chi connectivity index (χ0n) is 17.3. The molecule has 0 saturated carbocycles. The predicted molar refractivity (Wildman–Crippen MR) is 117 cm³/mol. The first kappa shape index (κ1) is 22.3.